The second kappa shape index (κ2) is 6.81. The van der Waals surface area contributed by atoms with Crippen LogP contribution in [0.15, 0.2) is 56.3 Å². The lowest BCUT2D eigenvalue weighted by molar-refractivity contribution is 0.331. The summed E-state index contributed by atoms with van der Waals surface area (Å²) in [6.07, 6.45) is 0. The van der Waals surface area contributed by atoms with E-state index in [2.05, 4.69) is 36.6 Å². The van der Waals surface area contributed by atoms with E-state index in [1.165, 1.54) is 6.07 Å². The van der Waals surface area contributed by atoms with Crippen LogP contribution in [0.5, 0.6) is 5.75 Å². The monoisotopic (exact) mass is 433 g/mol. The molecular formula is C14H13Br2NO3S. The molecule has 0 atom stereocenters. The molecule has 0 spiro atoms. The van der Waals surface area contributed by atoms with Crippen molar-refractivity contribution in [3.63, 3.8) is 0 Å². The summed E-state index contributed by atoms with van der Waals surface area (Å²) in [5, 5.41) is 0. The van der Waals surface area contributed by atoms with E-state index in [1.807, 2.05) is 6.07 Å². The van der Waals surface area contributed by atoms with E-state index in [9.17, 15) is 8.42 Å². The van der Waals surface area contributed by atoms with Crippen LogP contribution in [0.1, 0.15) is 6.92 Å². The van der Waals surface area contributed by atoms with Crippen molar-refractivity contribution in [2.75, 3.05) is 11.3 Å². The zero-order valence-corrected chi connectivity index (χ0v) is 15.1. The van der Waals surface area contributed by atoms with Crippen molar-refractivity contribution in [1.82, 2.24) is 0 Å². The average molecular weight is 435 g/mol. The molecule has 112 valence electrons. The molecule has 0 aliphatic heterocycles. The van der Waals surface area contributed by atoms with Gasteiger partial charge < -0.3 is 4.74 Å². The molecule has 1 N–H and O–H groups in total. The van der Waals surface area contributed by atoms with Crippen molar-refractivity contribution < 1.29 is 13.2 Å². The van der Waals surface area contributed by atoms with Gasteiger partial charge in [-0.1, -0.05) is 28.1 Å². The molecule has 2 aromatic rings. The summed E-state index contributed by atoms with van der Waals surface area (Å²) in [5.74, 6) is 0.320. The number of ether oxygens (including phenoxy) is 1. The van der Waals surface area contributed by atoms with Crippen molar-refractivity contribution in [3.8, 4) is 5.75 Å². The van der Waals surface area contributed by atoms with Crippen LogP contribution in [0.4, 0.5) is 5.69 Å². The van der Waals surface area contributed by atoms with E-state index in [1.54, 1.807) is 37.3 Å². The number of para-hydroxylation sites is 1. The summed E-state index contributed by atoms with van der Waals surface area (Å²) < 4.78 is 34.4. The highest BCUT2D eigenvalue weighted by molar-refractivity contribution is 9.10. The Morgan fingerprint density at radius 3 is 2.52 bits per heavy atom. The first-order chi connectivity index (χ1) is 9.94. The summed E-state index contributed by atoms with van der Waals surface area (Å²) in [6.45, 7) is 2.19. The highest BCUT2D eigenvalue weighted by Crippen LogP contribution is 2.31. The number of nitrogens with one attached hydrogen (secondary N) is 1. The van der Waals surface area contributed by atoms with Gasteiger partial charge in [0, 0.05) is 8.95 Å². The van der Waals surface area contributed by atoms with E-state index in [0.29, 0.717) is 27.0 Å². The molecular weight excluding hydrogens is 422 g/mol. The first-order valence-corrected chi connectivity index (χ1v) is 9.20. The van der Waals surface area contributed by atoms with Crippen molar-refractivity contribution >= 4 is 47.6 Å². The third kappa shape index (κ3) is 3.99. The van der Waals surface area contributed by atoms with Gasteiger partial charge in [-0.25, -0.2) is 8.42 Å². The second-order valence-electron chi connectivity index (χ2n) is 4.11. The predicted molar refractivity (Wildman–Crippen MR) is 90.3 cm³/mol. The number of hydrogen-bond donors (Lipinski definition) is 1. The van der Waals surface area contributed by atoms with Crippen molar-refractivity contribution in [2.45, 2.75) is 11.8 Å². The Kier molecular flexibility index (Phi) is 5.29. The largest absolute Gasteiger partial charge is 0.492 e. The van der Waals surface area contributed by atoms with Gasteiger partial charge in [0.1, 0.15) is 10.6 Å². The van der Waals surface area contributed by atoms with Crippen LogP contribution in [0.25, 0.3) is 0 Å². The fourth-order valence-electron chi connectivity index (χ4n) is 1.71. The highest BCUT2D eigenvalue weighted by atomic mass is 79.9. The van der Waals surface area contributed by atoms with Crippen LogP contribution in [0.3, 0.4) is 0 Å². The Balaban J connectivity index is 2.44. The fourth-order valence-corrected chi connectivity index (χ4v) is 3.99. The summed E-state index contributed by atoms with van der Waals surface area (Å²) in [4.78, 5) is 0.0921. The third-order valence-electron chi connectivity index (χ3n) is 2.61. The summed E-state index contributed by atoms with van der Waals surface area (Å²) in [6, 6.07) is 11.9. The SMILES string of the molecule is CCOc1ccc(Br)cc1S(=O)(=O)Nc1ccccc1Br. The van der Waals surface area contributed by atoms with Gasteiger partial charge in [0.15, 0.2) is 0 Å². The Bertz CT molecular complexity index is 748. The molecule has 0 saturated carbocycles. The van der Waals surface area contributed by atoms with Crippen molar-refractivity contribution in [3.05, 3.63) is 51.4 Å². The van der Waals surface area contributed by atoms with E-state index in [0.717, 1.165) is 0 Å². The third-order valence-corrected chi connectivity index (χ3v) is 5.18. The Morgan fingerprint density at radius 1 is 1.14 bits per heavy atom. The molecule has 2 rings (SSSR count). The molecule has 0 bridgehead atoms. The first-order valence-electron chi connectivity index (χ1n) is 6.13. The van der Waals surface area contributed by atoms with Crippen molar-refractivity contribution in [2.24, 2.45) is 0 Å². The molecule has 0 unspecified atom stereocenters. The van der Waals surface area contributed by atoms with Gasteiger partial charge in [0.05, 0.1) is 12.3 Å². The van der Waals surface area contributed by atoms with Gasteiger partial charge in [-0.2, -0.15) is 0 Å². The zero-order valence-electron chi connectivity index (χ0n) is 11.1. The maximum Gasteiger partial charge on any atom is 0.265 e. The van der Waals surface area contributed by atoms with Crippen molar-refractivity contribution in [1.29, 1.82) is 0 Å². The Labute approximate surface area is 140 Å². The second-order valence-corrected chi connectivity index (χ2v) is 7.53. The molecule has 0 aliphatic carbocycles. The average Bonchev–Trinajstić information content (AvgIpc) is 2.43. The molecule has 2 aromatic carbocycles. The molecule has 0 amide bonds. The molecule has 0 aliphatic rings. The summed E-state index contributed by atoms with van der Waals surface area (Å²) >= 11 is 6.60. The topological polar surface area (TPSA) is 55.4 Å². The molecule has 0 aromatic heterocycles. The van der Waals surface area contributed by atoms with Crippen LogP contribution in [0, 0.1) is 0 Å². The van der Waals surface area contributed by atoms with Gasteiger partial charge in [0.2, 0.25) is 0 Å². The maximum atomic E-state index is 12.6. The quantitative estimate of drug-likeness (QED) is 0.758. The van der Waals surface area contributed by atoms with Crippen LogP contribution >= 0.6 is 31.9 Å². The van der Waals surface area contributed by atoms with E-state index in [-0.39, 0.29) is 4.90 Å². The molecule has 0 heterocycles. The van der Waals surface area contributed by atoms with Crippen LogP contribution in [-0.4, -0.2) is 15.0 Å². The zero-order chi connectivity index (χ0) is 15.5. The minimum atomic E-state index is -3.75. The van der Waals surface area contributed by atoms with Gasteiger partial charge in [-0.05, 0) is 53.2 Å². The minimum Gasteiger partial charge on any atom is -0.492 e. The van der Waals surface area contributed by atoms with E-state index < -0.39 is 10.0 Å². The lowest BCUT2D eigenvalue weighted by Gasteiger charge is -2.13. The Hall–Kier alpha value is -1.05. The predicted octanol–water partition coefficient (Wildman–Crippen LogP) is 4.41. The molecule has 21 heavy (non-hydrogen) atoms. The summed E-state index contributed by atoms with van der Waals surface area (Å²) in [7, 11) is -3.75. The molecule has 4 nitrogen and oxygen atoms in total. The number of anilines is 1. The minimum absolute atomic E-state index is 0.0921. The number of rotatable bonds is 5. The van der Waals surface area contributed by atoms with Crippen LogP contribution < -0.4 is 9.46 Å². The van der Waals surface area contributed by atoms with Crippen LogP contribution in [0.2, 0.25) is 0 Å². The maximum absolute atomic E-state index is 12.6. The first kappa shape index (κ1) is 16.3. The summed E-state index contributed by atoms with van der Waals surface area (Å²) in [5.41, 5.74) is 0.472. The molecule has 0 fully saturated rings. The van der Waals surface area contributed by atoms with E-state index in [4.69, 9.17) is 4.74 Å². The number of sulfonamides is 1. The lowest BCUT2D eigenvalue weighted by Crippen LogP contribution is -2.15. The van der Waals surface area contributed by atoms with E-state index >= 15 is 0 Å². The lowest BCUT2D eigenvalue weighted by atomic mass is 10.3. The molecule has 7 heteroatoms. The number of hydrogen-bond acceptors (Lipinski definition) is 3. The number of halogens is 2. The number of benzene rings is 2. The standard InChI is InChI=1S/C14H13Br2NO3S/c1-2-20-13-8-7-10(15)9-14(13)21(18,19)17-12-6-4-3-5-11(12)16/h3-9,17H,2H2,1H3. The molecule has 0 saturated heterocycles. The van der Waals surface area contributed by atoms with Crippen LogP contribution in [-0.2, 0) is 10.0 Å². The van der Waals surface area contributed by atoms with Gasteiger partial charge in [-0.3, -0.25) is 4.72 Å². The smallest absolute Gasteiger partial charge is 0.265 e. The normalized spacial score (nSPS) is 11.2. The fraction of sp³-hybridized carbons (Fsp3) is 0.143. The van der Waals surface area contributed by atoms with Gasteiger partial charge in [-0.15, -0.1) is 0 Å². The highest BCUT2D eigenvalue weighted by Gasteiger charge is 2.21. The molecule has 0 radical (unpaired) electrons. The van der Waals surface area contributed by atoms with Gasteiger partial charge >= 0.3 is 0 Å². The van der Waals surface area contributed by atoms with Gasteiger partial charge in [0.25, 0.3) is 10.0 Å². The Morgan fingerprint density at radius 2 is 1.86 bits per heavy atom.